The van der Waals surface area contributed by atoms with Crippen LogP contribution in [0.4, 0.5) is 0 Å². The molecule has 1 aliphatic heterocycles. The Bertz CT molecular complexity index is 256. The van der Waals surface area contributed by atoms with Crippen molar-refractivity contribution in [3.05, 3.63) is 0 Å². The summed E-state index contributed by atoms with van der Waals surface area (Å²) in [4.78, 5) is 15.7. The van der Waals surface area contributed by atoms with Gasteiger partial charge in [-0.1, -0.05) is 0 Å². The fourth-order valence-electron chi connectivity index (χ4n) is 1.61. The van der Waals surface area contributed by atoms with E-state index in [1.54, 1.807) is 11.9 Å². The molecule has 1 aliphatic rings. The van der Waals surface area contributed by atoms with E-state index >= 15 is 0 Å². The van der Waals surface area contributed by atoms with Crippen LogP contribution >= 0.6 is 11.8 Å². The fourth-order valence-corrected chi connectivity index (χ4v) is 2.53. The van der Waals surface area contributed by atoms with Gasteiger partial charge in [0.1, 0.15) is 0 Å². The summed E-state index contributed by atoms with van der Waals surface area (Å²) < 4.78 is 0. The predicted octanol–water partition coefficient (Wildman–Crippen LogP) is 0.797. The Balaban J connectivity index is 2.28. The van der Waals surface area contributed by atoms with Crippen molar-refractivity contribution in [3.63, 3.8) is 0 Å². The van der Waals surface area contributed by atoms with E-state index in [0.29, 0.717) is 19.5 Å². The molecular formula is C11H19N3OS. The van der Waals surface area contributed by atoms with Crippen LogP contribution in [-0.4, -0.2) is 60.4 Å². The van der Waals surface area contributed by atoms with Gasteiger partial charge in [0, 0.05) is 25.9 Å². The molecule has 0 atom stereocenters. The summed E-state index contributed by atoms with van der Waals surface area (Å²) in [7, 11) is 1.77. The normalized spacial score (nSPS) is 17.5. The van der Waals surface area contributed by atoms with Crippen molar-refractivity contribution >= 4 is 17.7 Å². The van der Waals surface area contributed by atoms with Gasteiger partial charge in [0.15, 0.2) is 0 Å². The molecule has 0 aromatic rings. The number of amides is 1. The SMILES string of the molecule is CN(CCC#N)C(=O)CN1CCCSCC1. The second kappa shape index (κ2) is 7.53. The topological polar surface area (TPSA) is 47.3 Å². The van der Waals surface area contributed by atoms with Gasteiger partial charge in [0.05, 0.1) is 19.0 Å². The minimum Gasteiger partial charge on any atom is -0.344 e. The quantitative estimate of drug-likeness (QED) is 0.730. The molecule has 1 amide bonds. The lowest BCUT2D eigenvalue weighted by atomic mass is 10.3. The summed E-state index contributed by atoms with van der Waals surface area (Å²) in [5.74, 6) is 2.45. The maximum Gasteiger partial charge on any atom is 0.236 e. The molecule has 0 aromatic heterocycles. The number of nitriles is 1. The third-order valence-electron chi connectivity index (χ3n) is 2.66. The Morgan fingerprint density at radius 2 is 2.31 bits per heavy atom. The summed E-state index contributed by atoms with van der Waals surface area (Å²) in [6, 6.07) is 2.06. The highest BCUT2D eigenvalue weighted by Gasteiger charge is 2.15. The van der Waals surface area contributed by atoms with E-state index < -0.39 is 0 Å². The fraction of sp³-hybridized carbons (Fsp3) is 0.818. The Morgan fingerprint density at radius 1 is 1.50 bits per heavy atom. The number of likely N-dealkylation sites (N-methyl/N-ethyl adjacent to an activating group) is 1. The van der Waals surface area contributed by atoms with Crippen molar-refractivity contribution in [2.75, 3.05) is 44.7 Å². The third kappa shape index (κ3) is 4.86. The molecule has 0 unspecified atom stereocenters. The lowest BCUT2D eigenvalue weighted by Crippen LogP contribution is -2.39. The van der Waals surface area contributed by atoms with Gasteiger partial charge >= 0.3 is 0 Å². The zero-order chi connectivity index (χ0) is 11.8. The Morgan fingerprint density at radius 3 is 3.06 bits per heavy atom. The number of thioether (sulfide) groups is 1. The highest BCUT2D eigenvalue weighted by molar-refractivity contribution is 7.99. The van der Waals surface area contributed by atoms with Crippen molar-refractivity contribution in [1.82, 2.24) is 9.80 Å². The van der Waals surface area contributed by atoms with Crippen LogP contribution in [0.2, 0.25) is 0 Å². The van der Waals surface area contributed by atoms with E-state index in [-0.39, 0.29) is 5.91 Å². The van der Waals surface area contributed by atoms with Crippen LogP contribution in [0.3, 0.4) is 0 Å². The second-order valence-corrected chi connectivity index (χ2v) is 5.19. The summed E-state index contributed by atoms with van der Waals surface area (Å²) in [6.45, 7) is 3.06. The lowest BCUT2D eigenvalue weighted by Gasteiger charge is -2.22. The molecule has 0 bridgehead atoms. The predicted molar refractivity (Wildman–Crippen MR) is 66.2 cm³/mol. The highest BCUT2D eigenvalue weighted by Crippen LogP contribution is 2.09. The molecule has 4 nitrogen and oxygen atoms in total. The van der Waals surface area contributed by atoms with Gasteiger partial charge in [-0.2, -0.15) is 17.0 Å². The van der Waals surface area contributed by atoms with Crippen molar-refractivity contribution in [3.8, 4) is 6.07 Å². The van der Waals surface area contributed by atoms with Gasteiger partial charge < -0.3 is 4.90 Å². The molecular weight excluding hydrogens is 222 g/mol. The number of carbonyl (C=O) groups is 1. The Kier molecular flexibility index (Phi) is 6.27. The van der Waals surface area contributed by atoms with Gasteiger partial charge in [-0.3, -0.25) is 9.69 Å². The smallest absolute Gasteiger partial charge is 0.236 e. The minimum absolute atomic E-state index is 0.127. The van der Waals surface area contributed by atoms with E-state index in [0.717, 1.165) is 18.8 Å². The van der Waals surface area contributed by atoms with E-state index in [2.05, 4.69) is 11.0 Å². The number of hydrogen-bond donors (Lipinski definition) is 0. The van der Waals surface area contributed by atoms with E-state index in [1.807, 2.05) is 11.8 Å². The molecule has 1 fully saturated rings. The van der Waals surface area contributed by atoms with Crippen LogP contribution < -0.4 is 0 Å². The molecule has 0 saturated carbocycles. The maximum atomic E-state index is 11.8. The molecule has 0 radical (unpaired) electrons. The molecule has 0 spiro atoms. The molecule has 1 saturated heterocycles. The molecule has 5 heteroatoms. The van der Waals surface area contributed by atoms with E-state index in [1.165, 1.54) is 12.2 Å². The zero-order valence-corrected chi connectivity index (χ0v) is 10.6. The molecule has 0 aliphatic carbocycles. The summed E-state index contributed by atoms with van der Waals surface area (Å²) in [5.41, 5.74) is 0. The van der Waals surface area contributed by atoms with Gasteiger partial charge in [-0.05, 0) is 18.7 Å². The van der Waals surface area contributed by atoms with Gasteiger partial charge in [-0.15, -0.1) is 0 Å². The average Bonchev–Trinajstić information content (AvgIpc) is 2.54. The second-order valence-electron chi connectivity index (χ2n) is 3.97. The monoisotopic (exact) mass is 241 g/mol. The third-order valence-corrected chi connectivity index (χ3v) is 3.71. The van der Waals surface area contributed by atoms with Crippen molar-refractivity contribution in [2.45, 2.75) is 12.8 Å². The first-order valence-electron chi connectivity index (χ1n) is 5.65. The molecule has 0 N–H and O–H groups in total. The van der Waals surface area contributed by atoms with E-state index in [4.69, 9.17) is 5.26 Å². The van der Waals surface area contributed by atoms with E-state index in [9.17, 15) is 4.79 Å². The molecule has 90 valence electrons. The van der Waals surface area contributed by atoms with Crippen LogP contribution in [0.1, 0.15) is 12.8 Å². The Labute approximate surface area is 102 Å². The standard InChI is InChI=1S/C11H19N3OS/c1-13(5-2-4-12)11(15)10-14-6-3-8-16-9-7-14/h2-3,5-10H2,1H3. The first-order valence-corrected chi connectivity index (χ1v) is 6.80. The minimum atomic E-state index is 0.127. The van der Waals surface area contributed by atoms with Crippen molar-refractivity contribution in [2.24, 2.45) is 0 Å². The molecule has 0 aromatic carbocycles. The number of rotatable bonds is 4. The van der Waals surface area contributed by atoms with Gasteiger partial charge in [0.2, 0.25) is 5.91 Å². The number of carbonyl (C=O) groups excluding carboxylic acids is 1. The zero-order valence-electron chi connectivity index (χ0n) is 9.81. The molecule has 16 heavy (non-hydrogen) atoms. The first-order chi connectivity index (χ1) is 7.74. The van der Waals surface area contributed by atoms with Crippen LogP contribution in [-0.2, 0) is 4.79 Å². The summed E-state index contributed by atoms with van der Waals surface area (Å²) in [6.07, 6.45) is 1.58. The number of hydrogen-bond acceptors (Lipinski definition) is 4. The van der Waals surface area contributed by atoms with Crippen molar-refractivity contribution in [1.29, 1.82) is 5.26 Å². The number of nitrogens with zero attached hydrogens (tertiary/aromatic N) is 3. The first kappa shape index (κ1) is 13.3. The van der Waals surface area contributed by atoms with Crippen LogP contribution in [0.25, 0.3) is 0 Å². The lowest BCUT2D eigenvalue weighted by molar-refractivity contribution is -0.131. The van der Waals surface area contributed by atoms with Gasteiger partial charge in [0.25, 0.3) is 0 Å². The van der Waals surface area contributed by atoms with Crippen LogP contribution in [0.5, 0.6) is 0 Å². The van der Waals surface area contributed by atoms with Crippen LogP contribution in [0.15, 0.2) is 0 Å². The summed E-state index contributed by atoms with van der Waals surface area (Å²) >= 11 is 1.96. The molecule has 1 heterocycles. The highest BCUT2D eigenvalue weighted by atomic mass is 32.2. The van der Waals surface area contributed by atoms with Crippen molar-refractivity contribution < 1.29 is 4.79 Å². The average molecular weight is 241 g/mol. The molecule has 1 rings (SSSR count). The maximum absolute atomic E-state index is 11.8. The summed E-state index contributed by atoms with van der Waals surface area (Å²) in [5, 5.41) is 8.45. The largest absolute Gasteiger partial charge is 0.344 e. The van der Waals surface area contributed by atoms with Gasteiger partial charge in [-0.25, -0.2) is 0 Å². The Hall–Kier alpha value is -0.730. The van der Waals surface area contributed by atoms with Crippen LogP contribution in [0, 0.1) is 11.3 Å².